The van der Waals surface area contributed by atoms with Gasteiger partial charge in [-0.1, -0.05) is 48.5 Å². The van der Waals surface area contributed by atoms with Crippen LogP contribution in [0.25, 0.3) is 0 Å². The van der Waals surface area contributed by atoms with Gasteiger partial charge in [-0.05, 0) is 67.8 Å². The van der Waals surface area contributed by atoms with Crippen LogP contribution in [0.4, 0.5) is 21.5 Å². The lowest BCUT2D eigenvalue weighted by Gasteiger charge is -2.45. The zero-order valence-corrected chi connectivity index (χ0v) is 22.9. The number of para-hydroxylation sites is 2. The molecular weight excluding hydrogens is 531 g/mol. The van der Waals surface area contributed by atoms with Crippen molar-refractivity contribution in [3.05, 3.63) is 125 Å². The maximum absolute atomic E-state index is 14.8. The highest BCUT2D eigenvalue weighted by Crippen LogP contribution is 2.50. The first kappa shape index (κ1) is 26.0. The largest absolute Gasteiger partial charge is 0.350 e. The smallest absolute Gasteiger partial charge is 0.279 e. The molecule has 3 aliphatic heterocycles. The third-order valence-corrected chi connectivity index (χ3v) is 8.45. The van der Waals surface area contributed by atoms with Gasteiger partial charge in [0.15, 0.2) is 0 Å². The predicted octanol–water partition coefficient (Wildman–Crippen LogP) is 5.92. The third-order valence-electron chi connectivity index (χ3n) is 8.45. The molecule has 0 saturated carbocycles. The van der Waals surface area contributed by atoms with Gasteiger partial charge >= 0.3 is 0 Å². The summed E-state index contributed by atoms with van der Waals surface area (Å²) in [5.41, 5.74) is 1.88. The zero-order chi connectivity index (χ0) is 28.8. The van der Waals surface area contributed by atoms with Crippen LogP contribution < -0.4 is 15.1 Å². The Labute approximate surface area is 243 Å². The van der Waals surface area contributed by atoms with Crippen molar-refractivity contribution in [3.8, 4) is 0 Å². The lowest BCUT2D eigenvalue weighted by Crippen LogP contribution is -2.63. The van der Waals surface area contributed by atoms with Crippen molar-refractivity contribution in [2.75, 3.05) is 28.2 Å². The van der Waals surface area contributed by atoms with E-state index in [0.29, 0.717) is 39.3 Å². The molecule has 0 unspecified atom stereocenters. The molecule has 0 aromatic heterocycles. The second-order valence-corrected chi connectivity index (χ2v) is 10.9. The van der Waals surface area contributed by atoms with E-state index in [1.807, 2.05) is 35.2 Å². The number of likely N-dealkylation sites (tertiary alicyclic amines) is 1. The summed E-state index contributed by atoms with van der Waals surface area (Å²) in [4.78, 5) is 47.0. The number of carbonyl (C=O) groups is 3. The van der Waals surface area contributed by atoms with Crippen molar-refractivity contribution in [1.82, 2.24) is 4.90 Å². The summed E-state index contributed by atoms with van der Waals surface area (Å²) in [6.45, 7) is 1.47. The van der Waals surface area contributed by atoms with Crippen molar-refractivity contribution in [2.24, 2.45) is 0 Å². The van der Waals surface area contributed by atoms with Crippen LogP contribution in [-0.4, -0.2) is 35.7 Å². The van der Waals surface area contributed by atoms with Crippen molar-refractivity contribution in [1.29, 1.82) is 0 Å². The molecule has 0 aliphatic carbocycles. The minimum atomic E-state index is -1.62. The quantitative estimate of drug-likeness (QED) is 0.336. The van der Waals surface area contributed by atoms with Gasteiger partial charge in [-0.25, -0.2) is 4.39 Å². The topological polar surface area (TPSA) is 73.0 Å². The SMILES string of the molecule is O=C(c1ccc(N2C(=O)c3ccccc3N[C@]23C(=O)N(Cc2ccccc2F)c2ccccc23)cc1)N1CCCCC1. The lowest BCUT2D eigenvalue weighted by atomic mass is 9.92. The van der Waals surface area contributed by atoms with Crippen molar-refractivity contribution in [3.63, 3.8) is 0 Å². The van der Waals surface area contributed by atoms with Gasteiger partial charge in [-0.2, -0.15) is 0 Å². The van der Waals surface area contributed by atoms with Gasteiger partial charge in [0, 0.05) is 41.2 Å². The molecule has 1 fully saturated rings. The number of nitrogens with one attached hydrogen (secondary N) is 1. The Bertz CT molecular complexity index is 1720. The number of rotatable bonds is 4. The second kappa shape index (κ2) is 10.1. The number of fused-ring (bicyclic) bond motifs is 3. The van der Waals surface area contributed by atoms with E-state index in [1.54, 1.807) is 60.7 Å². The zero-order valence-electron chi connectivity index (χ0n) is 22.9. The Morgan fingerprint density at radius 3 is 2.29 bits per heavy atom. The number of piperidine rings is 1. The van der Waals surface area contributed by atoms with Crippen LogP contribution in [0.15, 0.2) is 97.1 Å². The Balaban J connectivity index is 1.35. The van der Waals surface area contributed by atoms with Crippen LogP contribution in [0.1, 0.15) is 51.1 Å². The fourth-order valence-electron chi connectivity index (χ4n) is 6.37. The third kappa shape index (κ3) is 3.97. The van der Waals surface area contributed by atoms with Crippen molar-refractivity contribution in [2.45, 2.75) is 31.5 Å². The van der Waals surface area contributed by atoms with E-state index in [1.165, 1.54) is 15.9 Å². The van der Waals surface area contributed by atoms with Gasteiger partial charge in [-0.3, -0.25) is 19.3 Å². The van der Waals surface area contributed by atoms with E-state index >= 15 is 0 Å². The van der Waals surface area contributed by atoms with E-state index < -0.39 is 17.4 Å². The molecule has 210 valence electrons. The molecule has 4 aromatic carbocycles. The summed E-state index contributed by atoms with van der Waals surface area (Å²) in [6, 6.07) is 27.6. The van der Waals surface area contributed by atoms with Crippen molar-refractivity contribution >= 4 is 34.8 Å². The molecule has 1 atom stereocenters. The summed E-state index contributed by atoms with van der Waals surface area (Å²) in [6.07, 6.45) is 3.11. The Morgan fingerprint density at radius 1 is 0.810 bits per heavy atom. The van der Waals surface area contributed by atoms with Gasteiger partial charge in [-0.15, -0.1) is 0 Å². The molecule has 0 radical (unpaired) electrons. The monoisotopic (exact) mass is 560 g/mol. The number of halogens is 1. The molecule has 42 heavy (non-hydrogen) atoms. The van der Waals surface area contributed by atoms with Gasteiger partial charge in [0.25, 0.3) is 17.7 Å². The van der Waals surface area contributed by atoms with Crippen LogP contribution in [-0.2, 0) is 17.0 Å². The van der Waals surface area contributed by atoms with Crippen LogP contribution in [0.5, 0.6) is 0 Å². The minimum absolute atomic E-state index is 0.00109. The van der Waals surface area contributed by atoms with Gasteiger partial charge in [0.05, 0.1) is 17.8 Å². The number of anilines is 3. The molecule has 7 rings (SSSR count). The molecule has 7 nitrogen and oxygen atoms in total. The summed E-state index contributed by atoms with van der Waals surface area (Å²) < 4.78 is 14.8. The van der Waals surface area contributed by atoms with Crippen molar-refractivity contribution < 1.29 is 18.8 Å². The summed E-state index contributed by atoms with van der Waals surface area (Å²) in [7, 11) is 0. The maximum Gasteiger partial charge on any atom is 0.279 e. The first-order valence-electron chi connectivity index (χ1n) is 14.2. The predicted molar refractivity (Wildman–Crippen MR) is 159 cm³/mol. The summed E-state index contributed by atoms with van der Waals surface area (Å²) in [5, 5.41) is 3.42. The number of nitrogens with zero attached hydrogens (tertiary/aromatic N) is 3. The van der Waals surface area contributed by atoms with Crippen LogP contribution in [0, 0.1) is 5.82 Å². The first-order valence-corrected chi connectivity index (χ1v) is 14.2. The first-order chi connectivity index (χ1) is 20.5. The van der Waals surface area contributed by atoms with Gasteiger partial charge in [0.2, 0.25) is 5.66 Å². The molecule has 3 aliphatic rings. The van der Waals surface area contributed by atoms with Gasteiger partial charge in [0.1, 0.15) is 5.82 Å². The second-order valence-electron chi connectivity index (χ2n) is 10.9. The Kier molecular flexibility index (Phi) is 6.26. The average Bonchev–Trinajstić information content (AvgIpc) is 3.25. The minimum Gasteiger partial charge on any atom is -0.350 e. The van der Waals surface area contributed by atoms with E-state index in [4.69, 9.17) is 0 Å². The van der Waals surface area contributed by atoms with Crippen LogP contribution in [0.2, 0.25) is 0 Å². The molecule has 1 saturated heterocycles. The van der Waals surface area contributed by atoms with Crippen LogP contribution in [0.3, 0.4) is 0 Å². The fourth-order valence-corrected chi connectivity index (χ4v) is 6.37. The Hall–Kier alpha value is -4.98. The number of hydrogen-bond donors (Lipinski definition) is 1. The van der Waals surface area contributed by atoms with E-state index in [2.05, 4.69) is 5.32 Å². The Morgan fingerprint density at radius 2 is 1.50 bits per heavy atom. The normalized spacial score (nSPS) is 19.5. The maximum atomic E-state index is 14.8. The molecule has 1 N–H and O–H groups in total. The summed E-state index contributed by atoms with van der Waals surface area (Å²) in [5.74, 6) is -1.20. The van der Waals surface area contributed by atoms with E-state index in [0.717, 1.165) is 32.4 Å². The van der Waals surface area contributed by atoms with E-state index in [-0.39, 0.29) is 18.4 Å². The number of amides is 3. The average molecular weight is 561 g/mol. The summed E-state index contributed by atoms with van der Waals surface area (Å²) >= 11 is 0. The molecule has 3 heterocycles. The standard InChI is InChI=1S/C34H29FN4O3/c35-28-13-5-2-10-24(28)22-38-30-15-7-4-12-27(30)34(33(38)42)36-29-14-6-3-11-26(29)32(41)39(34)25-18-16-23(17-19-25)31(40)37-20-8-1-9-21-37/h2-7,10-19,36H,1,8-9,20-22H2/t34-/m0/s1. The number of hydrogen-bond acceptors (Lipinski definition) is 4. The molecule has 0 bridgehead atoms. The highest BCUT2D eigenvalue weighted by atomic mass is 19.1. The lowest BCUT2D eigenvalue weighted by molar-refractivity contribution is -0.122. The molecule has 3 amide bonds. The van der Waals surface area contributed by atoms with Crippen LogP contribution >= 0.6 is 0 Å². The highest BCUT2D eigenvalue weighted by Gasteiger charge is 2.59. The number of benzene rings is 4. The van der Waals surface area contributed by atoms with Gasteiger partial charge < -0.3 is 15.1 Å². The molecular formula is C34H29FN4O3. The molecule has 4 aromatic rings. The fraction of sp³-hybridized carbons (Fsp3) is 0.206. The van der Waals surface area contributed by atoms with E-state index in [9.17, 15) is 18.8 Å². The highest BCUT2D eigenvalue weighted by molar-refractivity contribution is 6.22. The molecule has 1 spiro atoms. The number of carbonyl (C=O) groups excluding carboxylic acids is 3. The molecule has 8 heteroatoms.